The molecule has 1 saturated heterocycles. The highest BCUT2D eigenvalue weighted by atomic mass is 16.6. The van der Waals surface area contributed by atoms with Crippen molar-refractivity contribution in [2.75, 3.05) is 13.7 Å². The van der Waals surface area contributed by atoms with Gasteiger partial charge in [0.05, 0.1) is 12.0 Å². The van der Waals surface area contributed by atoms with E-state index in [-0.39, 0.29) is 34.5 Å². The van der Waals surface area contributed by atoms with Crippen molar-refractivity contribution in [2.45, 2.75) is 38.1 Å². The molecule has 1 heterocycles. The molecule has 6 heteroatoms. The molecule has 2 aliphatic rings. The van der Waals surface area contributed by atoms with Gasteiger partial charge in [-0.25, -0.2) is 0 Å². The van der Waals surface area contributed by atoms with Gasteiger partial charge < -0.3 is 9.64 Å². The van der Waals surface area contributed by atoms with Crippen molar-refractivity contribution in [3.63, 3.8) is 0 Å². The van der Waals surface area contributed by atoms with Crippen molar-refractivity contribution in [1.29, 1.82) is 0 Å². The van der Waals surface area contributed by atoms with Crippen LogP contribution in [0.4, 0.5) is 5.69 Å². The van der Waals surface area contributed by atoms with E-state index in [2.05, 4.69) is 26.0 Å². The van der Waals surface area contributed by atoms with Gasteiger partial charge in [0.15, 0.2) is 0 Å². The van der Waals surface area contributed by atoms with Gasteiger partial charge in [-0.3, -0.25) is 14.9 Å². The van der Waals surface area contributed by atoms with E-state index in [9.17, 15) is 14.9 Å². The number of ether oxygens (including phenoxy) is 1. The number of hydrogen-bond donors (Lipinski definition) is 0. The number of fused-ring (bicyclic) bond motifs is 4. The molecule has 1 aliphatic carbocycles. The number of carbonyl (C=O) groups is 1. The first-order valence-electron chi connectivity index (χ1n) is 9.58. The summed E-state index contributed by atoms with van der Waals surface area (Å²) in [5.41, 5.74) is 2.52. The van der Waals surface area contributed by atoms with E-state index in [4.69, 9.17) is 4.74 Å². The third-order valence-electron chi connectivity index (χ3n) is 6.81. The Morgan fingerprint density at radius 3 is 2.75 bits per heavy atom. The quantitative estimate of drug-likeness (QED) is 0.597. The molecule has 3 atom stereocenters. The molecule has 0 radical (unpaired) electrons. The molecule has 28 heavy (non-hydrogen) atoms. The maximum atomic E-state index is 13.3. The summed E-state index contributed by atoms with van der Waals surface area (Å²) in [7, 11) is 1.67. The number of nitrogens with zero attached hydrogens (tertiary/aromatic N) is 2. The monoisotopic (exact) mass is 380 g/mol. The summed E-state index contributed by atoms with van der Waals surface area (Å²) in [6.07, 6.45) is 1.57. The lowest BCUT2D eigenvalue weighted by Crippen LogP contribution is -2.59. The second-order valence-electron chi connectivity index (χ2n) is 8.02. The van der Waals surface area contributed by atoms with Gasteiger partial charge in [0.2, 0.25) is 0 Å². The molecular formula is C22H24N2O4. The van der Waals surface area contributed by atoms with Crippen LogP contribution in [0.3, 0.4) is 0 Å². The maximum Gasteiger partial charge on any atom is 0.282 e. The SMILES string of the molecule is COc1ccc2c(c1)[C@]1(C)CCN(C(=O)c3ccccc3[N+](=O)[O-])[C@H](C2)[C@@H]1C. The highest BCUT2D eigenvalue weighted by Crippen LogP contribution is 2.49. The number of nitro benzene ring substituents is 1. The Labute approximate surface area is 164 Å². The number of carbonyl (C=O) groups excluding carboxylic acids is 1. The number of amides is 1. The summed E-state index contributed by atoms with van der Waals surface area (Å²) in [5, 5.41) is 11.4. The summed E-state index contributed by atoms with van der Waals surface area (Å²) in [4.78, 5) is 26.0. The van der Waals surface area contributed by atoms with E-state index in [0.717, 1.165) is 18.6 Å². The molecule has 1 fully saturated rings. The van der Waals surface area contributed by atoms with Gasteiger partial charge in [0, 0.05) is 18.7 Å². The molecule has 2 aromatic carbocycles. The zero-order valence-electron chi connectivity index (χ0n) is 16.3. The highest BCUT2D eigenvalue weighted by molar-refractivity contribution is 5.98. The fourth-order valence-corrected chi connectivity index (χ4v) is 4.95. The fourth-order valence-electron chi connectivity index (χ4n) is 4.95. The third-order valence-corrected chi connectivity index (χ3v) is 6.81. The van der Waals surface area contributed by atoms with Crippen molar-refractivity contribution >= 4 is 11.6 Å². The first-order chi connectivity index (χ1) is 13.4. The largest absolute Gasteiger partial charge is 0.497 e. The Balaban J connectivity index is 1.73. The molecule has 2 bridgehead atoms. The van der Waals surface area contributed by atoms with Gasteiger partial charge in [-0.1, -0.05) is 32.0 Å². The summed E-state index contributed by atoms with van der Waals surface area (Å²) in [5.74, 6) is 0.847. The number of hydrogen-bond acceptors (Lipinski definition) is 4. The highest BCUT2D eigenvalue weighted by Gasteiger charge is 2.50. The molecule has 4 rings (SSSR count). The Kier molecular flexibility index (Phi) is 4.37. The van der Waals surface area contributed by atoms with Crippen LogP contribution in [-0.2, 0) is 11.8 Å². The molecule has 0 saturated carbocycles. The number of para-hydroxylation sites is 1. The smallest absolute Gasteiger partial charge is 0.282 e. The van der Waals surface area contributed by atoms with Crippen molar-refractivity contribution in [3.8, 4) is 5.75 Å². The molecule has 0 spiro atoms. The second kappa shape index (κ2) is 6.62. The third kappa shape index (κ3) is 2.66. The minimum atomic E-state index is -0.479. The number of methoxy groups -OCH3 is 1. The Morgan fingerprint density at radius 1 is 1.29 bits per heavy atom. The Morgan fingerprint density at radius 2 is 2.04 bits per heavy atom. The van der Waals surface area contributed by atoms with Crippen LogP contribution < -0.4 is 4.74 Å². The number of piperidine rings is 1. The van der Waals surface area contributed by atoms with E-state index in [1.54, 1.807) is 25.3 Å². The molecule has 0 N–H and O–H groups in total. The topological polar surface area (TPSA) is 72.7 Å². The van der Waals surface area contributed by atoms with Crippen molar-refractivity contribution in [3.05, 3.63) is 69.3 Å². The lowest BCUT2D eigenvalue weighted by molar-refractivity contribution is -0.385. The van der Waals surface area contributed by atoms with E-state index in [1.165, 1.54) is 17.2 Å². The minimum Gasteiger partial charge on any atom is -0.497 e. The van der Waals surface area contributed by atoms with E-state index < -0.39 is 4.92 Å². The van der Waals surface area contributed by atoms with Crippen LogP contribution in [0.1, 0.15) is 41.8 Å². The molecule has 2 aromatic rings. The molecule has 1 aliphatic heterocycles. The lowest BCUT2D eigenvalue weighted by atomic mass is 9.59. The van der Waals surface area contributed by atoms with Gasteiger partial charge >= 0.3 is 0 Å². The zero-order valence-corrected chi connectivity index (χ0v) is 16.3. The van der Waals surface area contributed by atoms with Gasteiger partial charge in [0.25, 0.3) is 11.6 Å². The number of rotatable bonds is 3. The standard InChI is InChI=1S/C22H24N2O4/c1-14-20-12-15-8-9-16(28-3)13-18(15)22(14,2)10-11-23(20)21(25)17-6-4-5-7-19(17)24(26)27/h4-9,13-14,20H,10-12H2,1-3H3/t14-,20+,22+/m0/s1. The van der Waals surface area contributed by atoms with Crippen LogP contribution in [0.15, 0.2) is 42.5 Å². The van der Waals surface area contributed by atoms with Gasteiger partial charge in [-0.2, -0.15) is 0 Å². The minimum absolute atomic E-state index is 0.0203. The first-order valence-corrected chi connectivity index (χ1v) is 9.58. The van der Waals surface area contributed by atoms with Gasteiger partial charge in [-0.15, -0.1) is 0 Å². The average molecular weight is 380 g/mol. The normalized spacial score (nSPS) is 25.8. The van der Waals surface area contributed by atoms with Gasteiger partial charge in [0.1, 0.15) is 11.3 Å². The summed E-state index contributed by atoms with van der Waals surface area (Å²) < 4.78 is 5.42. The van der Waals surface area contributed by atoms with Crippen LogP contribution in [0.2, 0.25) is 0 Å². The van der Waals surface area contributed by atoms with Crippen LogP contribution in [-0.4, -0.2) is 35.4 Å². The van der Waals surface area contributed by atoms with Crippen molar-refractivity contribution in [1.82, 2.24) is 4.90 Å². The van der Waals surface area contributed by atoms with Crippen LogP contribution in [0, 0.1) is 16.0 Å². The molecule has 0 unspecified atom stereocenters. The zero-order chi connectivity index (χ0) is 20.1. The van der Waals surface area contributed by atoms with Crippen molar-refractivity contribution in [2.24, 2.45) is 5.92 Å². The number of benzene rings is 2. The Bertz CT molecular complexity index is 957. The van der Waals surface area contributed by atoms with Gasteiger partial charge in [-0.05, 0) is 53.5 Å². The molecule has 1 amide bonds. The van der Waals surface area contributed by atoms with Crippen LogP contribution in [0.5, 0.6) is 5.75 Å². The molecule has 146 valence electrons. The average Bonchev–Trinajstić information content (AvgIpc) is 2.70. The van der Waals surface area contributed by atoms with E-state index in [1.807, 2.05) is 11.0 Å². The molecule has 0 aromatic heterocycles. The lowest BCUT2D eigenvalue weighted by Gasteiger charge is -2.54. The first kappa shape index (κ1) is 18.5. The molecule has 6 nitrogen and oxygen atoms in total. The van der Waals surface area contributed by atoms with E-state index in [0.29, 0.717) is 6.54 Å². The van der Waals surface area contributed by atoms with Crippen LogP contribution in [0.25, 0.3) is 0 Å². The number of likely N-dealkylation sites (tertiary alicyclic amines) is 1. The predicted molar refractivity (Wildman–Crippen MR) is 106 cm³/mol. The second-order valence-corrected chi connectivity index (χ2v) is 8.02. The summed E-state index contributed by atoms with van der Waals surface area (Å²) in [6.45, 7) is 5.04. The molecular weight excluding hydrogens is 356 g/mol. The maximum absolute atomic E-state index is 13.3. The summed E-state index contributed by atoms with van der Waals surface area (Å²) in [6, 6.07) is 12.4. The number of nitro groups is 1. The predicted octanol–water partition coefficient (Wildman–Crippen LogP) is 3.97. The Hall–Kier alpha value is -2.89. The van der Waals surface area contributed by atoms with E-state index >= 15 is 0 Å². The van der Waals surface area contributed by atoms with Crippen LogP contribution >= 0.6 is 0 Å². The van der Waals surface area contributed by atoms with Crippen molar-refractivity contribution < 1.29 is 14.5 Å². The fraction of sp³-hybridized carbons (Fsp3) is 0.409. The summed E-state index contributed by atoms with van der Waals surface area (Å²) >= 11 is 0.